The third-order valence-corrected chi connectivity index (χ3v) is 3.36. The first-order valence-electron chi connectivity index (χ1n) is 6.39. The van der Waals surface area contributed by atoms with Gasteiger partial charge in [-0.2, -0.15) is 0 Å². The minimum atomic E-state index is -0.318. The van der Waals surface area contributed by atoms with Gasteiger partial charge < -0.3 is 16.4 Å². The van der Waals surface area contributed by atoms with Gasteiger partial charge in [0.05, 0.1) is 0 Å². The molecule has 0 bridgehead atoms. The van der Waals surface area contributed by atoms with Crippen molar-refractivity contribution in [2.24, 2.45) is 5.92 Å². The van der Waals surface area contributed by atoms with E-state index in [0.29, 0.717) is 16.5 Å². The molecule has 0 saturated carbocycles. The van der Waals surface area contributed by atoms with Gasteiger partial charge >= 0.3 is 0 Å². The average molecular weight is 304 g/mol. The maximum absolute atomic E-state index is 11.9. The first kappa shape index (κ1) is 15.0. The molecule has 4 N–H and O–H groups in total. The molecule has 2 aromatic rings. The molecule has 0 fully saturated rings. The molecule has 7 heteroatoms. The van der Waals surface area contributed by atoms with Gasteiger partial charge in [0.25, 0.3) is 5.91 Å². The van der Waals surface area contributed by atoms with E-state index in [4.69, 9.17) is 5.73 Å². The van der Waals surface area contributed by atoms with Gasteiger partial charge in [0.1, 0.15) is 5.69 Å². The summed E-state index contributed by atoms with van der Waals surface area (Å²) in [5.41, 5.74) is 7.08. The first-order chi connectivity index (χ1) is 9.95. The van der Waals surface area contributed by atoms with Gasteiger partial charge in [0.15, 0.2) is 5.13 Å². The molecule has 6 nitrogen and oxygen atoms in total. The fraction of sp³-hybridized carbons (Fsp3) is 0.214. The number of nitrogens with one attached hydrogen (secondary N) is 2. The summed E-state index contributed by atoms with van der Waals surface area (Å²) in [6, 6.07) is 6.88. The maximum Gasteiger partial charge on any atom is 0.275 e. The summed E-state index contributed by atoms with van der Waals surface area (Å²) in [4.78, 5) is 27.4. The Labute approximate surface area is 126 Å². The first-order valence-corrected chi connectivity index (χ1v) is 7.27. The van der Waals surface area contributed by atoms with E-state index in [1.54, 1.807) is 29.6 Å². The second kappa shape index (κ2) is 6.36. The Morgan fingerprint density at radius 2 is 1.71 bits per heavy atom. The van der Waals surface area contributed by atoms with Gasteiger partial charge in [-0.1, -0.05) is 13.8 Å². The normalized spacial score (nSPS) is 10.4. The zero-order valence-electron chi connectivity index (χ0n) is 11.7. The smallest absolute Gasteiger partial charge is 0.275 e. The fourth-order valence-electron chi connectivity index (χ4n) is 1.51. The van der Waals surface area contributed by atoms with E-state index in [-0.39, 0.29) is 23.4 Å². The number of nitrogen functional groups attached to an aromatic ring is 1. The van der Waals surface area contributed by atoms with E-state index in [0.717, 1.165) is 0 Å². The Bertz CT molecular complexity index is 649. The molecule has 2 amide bonds. The van der Waals surface area contributed by atoms with Crippen LogP contribution in [0, 0.1) is 5.92 Å². The van der Waals surface area contributed by atoms with Crippen LogP contribution in [0.5, 0.6) is 0 Å². The summed E-state index contributed by atoms with van der Waals surface area (Å²) < 4.78 is 0. The number of nitrogens with two attached hydrogens (primary N) is 1. The zero-order valence-corrected chi connectivity index (χ0v) is 12.5. The second-order valence-corrected chi connectivity index (χ2v) is 5.64. The molecular formula is C14H16N4O2S. The summed E-state index contributed by atoms with van der Waals surface area (Å²) >= 11 is 1.21. The van der Waals surface area contributed by atoms with Crippen molar-refractivity contribution in [2.45, 2.75) is 13.8 Å². The number of nitrogens with zero attached hydrogens (tertiary/aromatic N) is 1. The number of anilines is 3. The minimum absolute atomic E-state index is 0.0512. The molecular weight excluding hydrogens is 288 g/mol. The topological polar surface area (TPSA) is 97.1 Å². The molecule has 0 aliphatic carbocycles. The van der Waals surface area contributed by atoms with E-state index in [9.17, 15) is 9.59 Å². The van der Waals surface area contributed by atoms with Gasteiger partial charge in [-0.15, -0.1) is 11.3 Å². The Kier molecular flexibility index (Phi) is 4.54. The van der Waals surface area contributed by atoms with Crippen LogP contribution in [-0.2, 0) is 4.79 Å². The molecule has 0 aliphatic rings. The van der Waals surface area contributed by atoms with Crippen molar-refractivity contribution >= 4 is 39.7 Å². The molecule has 0 spiro atoms. The number of hydrogen-bond donors (Lipinski definition) is 3. The number of carbonyl (C=O) groups is 2. The summed E-state index contributed by atoms with van der Waals surface area (Å²) in [5, 5.41) is 7.44. The van der Waals surface area contributed by atoms with Crippen molar-refractivity contribution in [2.75, 3.05) is 16.4 Å². The third-order valence-electron chi connectivity index (χ3n) is 2.69. The maximum atomic E-state index is 11.9. The molecule has 1 heterocycles. The number of carbonyl (C=O) groups excluding carboxylic acids is 2. The van der Waals surface area contributed by atoms with Crippen molar-refractivity contribution in [3.63, 3.8) is 0 Å². The van der Waals surface area contributed by atoms with Crippen LogP contribution in [0.25, 0.3) is 0 Å². The molecule has 110 valence electrons. The minimum Gasteiger partial charge on any atom is -0.375 e. The fourth-order valence-corrected chi connectivity index (χ4v) is 2.05. The zero-order chi connectivity index (χ0) is 15.4. The van der Waals surface area contributed by atoms with Gasteiger partial charge in [0, 0.05) is 22.7 Å². The third kappa shape index (κ3) is 4.03. The lowest BCUT2D eigenvalue weighted by atomic mass is 10.2. The number of hydrogen-bond acceptors (Lipinski definition) is 5. The molecule has 1 aromatic heterocycles. The Hall–Kier alpha value is -2.41. The lowest BCUT2D eigenvalue weighted by molar-refractivity contribution is -0.118. The van der Waals surface area contributed by atoms with Crippen LogP contribution >= 0.6 is 11.3 Å². The van der Waals surface area contributed by atoms with Crippen LogP contribution in [0.4, 0.5) is 16.5 Å². The van der Waals surface area contributed by atoms with E-state index < -0.39 is 0 Å². The van der Waals surface area contributed by atoms with Crippen LogP contribution in [0.15, 0.2) is 29.6 Å². The number of benzene rings is 1. The molecule has 0 aliphatic heterocycles. The van der Waals surface area contributed by atoms with Crippen molar-refractivity contribution in [3.8, 4) is 0 Å². The van der Waals surface area contributed by atoms with Crippen LogP contribution in [-0.4, -0.2) is 16.8 Å². The quantitative estimate of drug-likeness (QED) is 0.808. The molecule has 21 heavy (non-hydrogen) atoms. The summed E-state index contributed by atoms with van der Waals surface area (Å²) in [6.45, 7) is 3.65. The van der Waals surface area contributed by atoms with Gasteiger partial charge in [-0.25, -0.2) is 4.98 Å². The van der Waals surface area contributed by atoms with Crippen molar-refractivity contribution in [3.05, 3.63) is 35.3 Å². The van der Waals surface area contributed by atoms with E-state index in [1.807, 2.05) is 13.8 Å². The van der Waals surface area contributed by atoms with Crippen molar-refractivity contribution in [1.82, 2.24) is 4.98 Å². The SMILES string of the molecule is CC(C)C(=O)Nc1ccc(NC(=O)c2csc(N)n2)cc1. The van der Waals surface area contributed by atoms with Crippen LogP contribution in [0.1, 0.15) is 24.3 Å². The van der Waals surface area contributed by atoms with E-state index >= 15 is 0 Å². The predicted molar refractivity (Wildman–Crippen MR) is 84.4 cm³/mol. The van der Waals surface area contributed by atoms with Crippen molar-refractivity contribution in [1.29, 1.82) is 0 Å². The summed E-state index contributed by atoms with van der Waals surface area (Å²) in [5.74, 6) is -0.453. The highest BCUT2D eigenvalue weighted by Crippen LogP contribution is 2.17. The highest BCUT2D eigenvalue weighted by Gasteiger charge is 2.10. The highest BCUT2D eigenvalue weighted by molar-refractivity contribution is 7.13. The molecule has 0 radical (unpaired) electrons. The largest absolute Gasteiger partial charge is 0.375 e. The Balaban J connectivity index is 1.99. The molecule has 1 aromatic carbocycles. The second-order valence-electron chi connectivity index (χ2n) is 4.75. The number of aromatic nitrogens is 1. The van der Waals surface area contributed by atoms with Crippen molar-refractivity contribution < 1.29 is 9.59 Å². The summed E-state index contributed by atoms with van der Waals surface area (Å²) in [7, 11) is 0. The highest BCUT2D eigenvalue weighted by atomic mass is 32.1. The molecule has 0 unspecified atom stereocenters. The van der Waals surface area contributed by atoms with E-state index in [1.165, 1.54) is 11.3 Å². The van der Waals surface area contributed by atoms with Crippen LogP contribution < -0.4 is 16.4 Å². The van der Waals surface area contributed by atoms with Crippen LogP contribution in [0.2, 0.25) is 0 Å². The molecule has 0 saturated heterocycles. The molecule has 2 rings (SSSR count). The monoisotopic (exact) mass is 304 g/mol. The average Bonchev–Trinajstić information content (AvgIpc) is 2.87. The number of rotatable bonds is 4. The lowest BCUT2D eigenvalue weighted by Crippen LogP contribution is -2.17. The standard InChI is InChI=1S/C14H16N4O2S/c1-8(2)12(19)16-9-3-5-10(6-4-9)17-13(20)11-7-21-14(15)18-11/h3-8H,1-2H3,(H2,15,18)(H,16,19)(H,17,20). The number of amides is 2. The van der Waals surface area contributed by atoms with Gasteiger partial charge in [-0.05, 0) is 24.3 Å². The summed E-state index contributed by atoms with van der Waals surface area (Å²) in [6.07, 6.45) is 0. The van der Waals surface area contributed by atoms with Gasteiger partial charge in [0.2, 0.25) is 5.91 Å². The molecule has 0 atom stereocenters. The van der Waals surface area contributed by atoms with E-state index in [2.05, 4.69) is 15.6 Å². The Morgan fingerprint density at radius 1 is 1.14 bits per heavy atom. The van der Waals surface area contributed by atoms with Crippen LogP contribution in [0.3, 0.4) is 0 Å². The van der Waals surface area contributed by atoms with Gasteiger partial charge in [-0.3, -0.25) is 9.59 Å². The predicted octanol–water partition coefficient (Wildman–Crippen LogP) is 2.57. The number of thiazole rings is 1. The lowest BCUT2D eigenvalue weighted by Gasteiger charge is -2.08. The Morgan fingerprint density at radius 3 is 2.19 bits per heavy atom.